The van der Waals surface area contributed by atoms with Crippen molar-refractivity contribution in [1.82, 2.24) is 24.9 Å². The van der Waals surface area contributed by atoms with Crippen LogP contribution < -0.4 is 19.7 Å². The molecule has 71 heavy (non-hydrogen) atoms. The summed E-state index contributed by atoms with van der Waals surface area (Å²) in [4.78, 5) is 89.3. The molecular weight excluding hydrogens is 976 g/mol. The van der Waals surface area contributed by atoms with Gasteiger partial charge in [0.1, 0.15) is 53.0 Å². The fourth-order valence-corrected chi connectivity index (χ4v) is 11.1. The number of amides is 5. The molecule has 1 saturated heterocycles. The molecule has 5 amide bonds. The Bertz CT molecular complexity index is 2950. The standard InChI is InChI=1S/C50H55ClN6O12S2/c1-50(2,3)69-47(61)43-31(28-71(64)46-42(45(60)57(43)46)52-40(58)23-33-11-10-20-70-33)27-66-48(62)54(6)16-17-55(7)49(63)68-38-24-36-41(35-13-9-8-12-34(35)38)30(25-51)26-56(36)44(59)39-22-29-21-32(14-15-37(29)67-39)65-19-18-53(4)5/h8-15,20-22,24,30,42,46H,16-19,23,25-28H2,1-7H3,(H,52,58)/t30-,42-,46-,71?/m1/s1. The number of β-lactam (4-membered cyclic amide) rings is 1. The average molecular weight is 1030 g/mol. The van der Waals surface area contributed by atoms with Gasteiger partial charge in [-0.2, -0.15) is 0 Å². The Morgan fingerprint density at radius 3 is 2.35 bits per heavy atom. The van der Waals surface area contributed by atoms with Gasteiger partial charge in [0.05, 0.1) is 28.7 Å². The molecule has 2 aromatic heterocycles. The second-order valence-corrected chi connectivity index (χ2v) is 21.6. The lowest BCUT2D eigenvalue weighted by atomic mass is 9.95. The Balaban J connectivity index is 0.922. The summed E-state index contributed by atoms with van der Waals surface area (Å²) < 4.78 is 42.8. The number of carbonyl (C=O) groups excluding carboxylic acids is 6. The van der Waals surface area contributed by atoms with E-state index in [9.17, 15) is 33.0 Å². The number of ether oxygens (including phenoxy) is 4. The molecule has 376 valence electrons. The minimum Gasteiger partial charge on any atom is -0.492 e. The van der Waals surface area contributed by atoms with Gasteiger partial charge in [0, 0.05) is 79.4 Å². The first-order valence-corrected chi connectivity index (χ1v) is 25.6. The van der Waals surface area contributed by atoms with Gasteiger partial charge in [0.15, 0.2) is 5.76 Å². The number of esters is 1. The van der Waals surface area contributed by atoms with Gasteiger partial charge >= 0.3 is 18.2 Å². The van der Waals surface area contributed by atoms with Gasteiger partial charge in [0.2, 0.25) is 5.91 Å². The van der Waals surface area contributed by atoms with E-state index >= 15 is 0 Å². The van der Waals surface area contributed by atoms with E-state index in [4.69, 9.17) is 35.0 Å². The number of hydrogen-bond donors (Lipinski definition) is 1. The van der Waals surface area contributed by atoms with Gasteiger partial charge in [-0.1, -0.05) is 30.3 Å². The molecule has 5 aromatic rings. The molecule has 4 atom stereocenters. The number of carbonyl (C=O) groups is 6. The van der Waals surface area contributed by atoms with Crippen LogP contribution in [0.2, 0.25) is 0 Å². The first-order valence-electron chi connectivity index (χ1n) is 22.8. The van der Waals surface area contributed by atoms with E-state index in [1.807, 2.05) is 54.7 Å². The van der Waals surface area contributed by atoms with Gasteiger partial charge < -0.3 is 48.3 Å². The molecule has 0 saturated carbocycles. The third kappa shape index (κ3) is 11.0. The highest BCUT2D eigenvalue weighted by Gasteiger charge is 2.57. The largest absolute Gasteiger partial charge is 0.492 e. The molecule has 21 heteroatoms. The van der Waals surface area contributed by atoms with Crippen LogP contribution in [0.15, 0.2) is 87.8 Å². The van der Waals surface area contributed by atoms with Crippen molar-refractivity contribution in [1.29, 1.82) is 0 Å². The smallest absolute Gasteiger partial charge is 0.415 e. The summed E-state index contributed by atoms with van der Waals surface area (Å²) in [5.74, 6) is -1.58. The van der Waals surface area contributed by atoms with Crippen molar-refractivity contribution in [2.45, 2.75) is 50.1 Å². The van der Waals surface area contributed by atoms with Crippen molar-refractivity contribution in [2.75, 3.05) is 84.1 Å². The lowest BCUT2D eigenvalue weighted by Crippen LogP contribution is -2.74. The lowest BCUT2D eigenvalue weighted by molar-refractivity contribution is -0.159. The van der Waals surface area contributed by atoms with Crippen LogP contribution in [0.3, 0.4) is 0 Å². The molecule has 5 heterocycles. The van der Waals surface area contributed by atoms with Crippen molar-refractivity contribution >= 4 is 97.0 Å². The number of alkyl halides is 1. The zero-order chi connectivity index (χ0) is 50.9. The van der Waals surface area contributed by atoms with E-state index in [1.165, 1.54) is 35.2 Å². The van der Waals surface area contributed by atoms with Gasteiger partial charge in [-0.05, 0) is 81.5 Å². The molecule has 8 rings (SSSR count). The lowest BCUT2D eigenvalue weighted by Gasteiger charge is -2.49. The van der Waals surface area contributed by atoms with E-state index in [-0.39, 0.29) is 66.4 Å². The predicted octanol–water partition coefficient (Wildman–Crippen LogP) is 6.32. The molecule has 1 fully saturated rings. The monoisotopic (exact) mass is 1030 g/mol. The van der Waals surface area contributed by atoms with E-state index in [0.717, 1.165) is 27.3 Å². The third-order valence-electron chi connectivity index (χ3n) is 12.1. The minimum atomic E-state index is -1.78. The van der Waals surface area contributed by atoms with Crippen LogP contribution in [-0.4, -0.2) is 156 Å². The van der Waals surface area contributed by atoms with Crippen molar-refractivity contribution in [3.05, 3.63) is 99.6 Å². The highest BCUT2D eigenvalue weighted by molar-refractivity contribution is 7.86. The Hall–Kier alpha value is -6.48. The second kappa shape index (κ2) is 21.1. The number of benzene rings is 3. The number of nitrogens with zero attached hydrogens (tertiary/aromatic N) is 5. The summed E-state index contributed by atoms with van der Waals surface area (Å²) in [6, 6.07) is 18.6. The third-order valence-corrected chi connectivity index (χ3v) is 15.0. The van der Waals surface area contributed by atoms with E-state index in [2.05, 4.69) is 5.32 Å². The number of furan rings is 1. The summed E-state index contributed by atoms with van der Waals surface area (Å²) in [7, 11) is 5.10. The summed E-state index contributed by atoms with van der Waals surface area (Å²) in [6.45, 7) is 5.96. The van der Waals surface area contributed by atoms with Crippen molar-refractivity contribution in [3.8, 4) is 11.5 Å². The Morgan fingerprint density at radius 1 is 0.930 bits per heavy atom. The van der Waals surface area contributed by atoms with Crippen LogP contribution in [0.5, 0.6) is 11.5 Å². The van der Waals surface area contributed by atoms with Crippen molar-refractivity contribution < 1.29 is 56.3 Å². The number of fused-ring (bicyclic) bond motifs is 5. The van der Waals surface area contributed by atoms with Crippen LogP contribution in [0, 0.1) is 0 Å². The number of halogens is 1. The van der Waals surface area contributed by atoms with Crippen molar-refractivity contribution in [3.63, 3.8) is 0 Å². The molecule has 3 aromatic carbocycles. The Labute approximate surface area is 421 Å². The first-order chi connectivity index (χ1) is 33.8. The van der Waals surface area contributed by atoms with E-state index in [0.29, 0.717) is 34.4 Å². The van der Waals surface area contributed by atoms with Gasteiger partial charge in [-0.25, -0.2) is 14.4 Å². The fourth-order valence-electron chi connectivity index (χ4n) is 8.50. The molecule has 1 N–H and O–H groups in total. The number of hydrogen-bond acceptors (Lipinski definition) is 14. The molecule has 1 unspecified atom stereocenters. The van der Waals surface area contributed by atoms with Gasteiger partial charge in [-0.15, -0.1) is 22.9 Å². The summed E-state index contributed by atoms with van der Waals surface area (Å²) >= 11 is 7.92. The Morgan fingerprint density at radius 2 is 1.66 bits per heavy atom. The zero-order valence-electron chi connectivity index (χ0n) is 40.4. The Kier molecular flexibility index (Phi) is 15.1. The molecular formula is C50H55ClN6O12S2. The number of anilines is 1. The van der Waals surface area contributed by atoms with E-state index in [1.54, 1.807) is 62.1 Å². The first kappa shape index (κ1) is 50.9. The number of thiophene rings is 1. The minimum absolute atomic E-state index is 0.000122. The molecule has 18 nitrogen and oxygen atoms in total. The highest BCUT2D eigenvalue weighted by Crippen LogP contribution is 2.46. The normalized spacial score (nSPS) is 18.5. The summed E-state index contributed by atoms with van der Waals surface area (Å²) in [6.07, 6.45) is -1.53. The van der Waals surface area contributed by atoms with Gasteiger partial charge in [0.25, 0.3) is 11.8 Å². The maximum absolute atomic E-state index is 14.3. The maximum Gasteiger partial charge on any atom is 0.415 e. The summed E-state index contributed by atoms with van der Waals surface area (Å²) in [5, 5.41) is 5.57. The zero-order valence-corrected chi connectivity index (χ0v) is 42.7. The second-order valence-electron chi connectivity index (χ2n) is 18.7. The summed E-state index contributed by atoms with van der Waals surface area (Å²) in [5.41, 5.74) is 0.850. The maximum atomic E-state index is 14.3. The van der Waals surface area contributed by atoms with Crippen LogP contribution >= 0.6 is 22.9 Å². The average Bonchev–Trinajstić information content (AvgIpc) is 4.09. The van der Waals surface area contributed by atoms with Crippen LogP contribution in [0.1, 0.15) is 47.7 Å². The molecule has 0 bridgehead atoms. The van der Waals surface area contributed by atoms with E-state index < -0.39 is 70.3 Å². The van der Waals surface area contributed by atoms with Crippen LogP contribution in [0.4, 0.5) is 15.3 Å². The molecule has 0 spiro atoms. The fraction of sp³-hybridized carbons (Fsp3) is 0.400. The topological polar surface area (TPSA) is 198 Å². The van der Waals surface area contributed by atoms with Gasteiger partial charge in [-0.3, -0.25) is 23.5 Å². The number of rotatable bonds is 16. The van der Waals surface area contributed by atoms with Crippen LogP contribution in [0.25, 0.3) is 21.7 Å². The quantitative estimate of drug-likeness (QED) is 0.0655. The van der Waals surface area contributed by atoms with Crippen molar-refractivity contribution in [2.24, 2.45) is 0 Å². The number of likely N-dealkylation sites (N-methyl/N-ethyl adjacent to an activating group) is 3. The molecule has 3 aliphatic rings. The molecule has 0 aliphatic carbocycles. The molecule has 3 aliphatic heterocycles. The SMILES string of the molecule is CN(C)CCOc1ccc2oc(C(=O)N3C[C@@H](CCl)c4c3cc(OC(=O)N(C)CCN(C)C(=O)OCC3=C(C(=O)OC(C)(C)C)N5C(=O)[C@@H](NC(=O)Cc6cccs6)[C@H]5S(=O)C3)c3ccccc43)cc2c1. The highest BCUT2D eigenvalue weighted by atomic mass is 35.5. The van der Waals surface area contributed by atoms with Crippen LogP contribution in [-0.2, 0) is 41.1 Å². The molecule has 0 radical (unpaired) electrons. The predicted molar refractivity (Wildman–Crippen MR) is 268 cm³/mol. The number of nitrogens with one attached hydrogen (secondary N) is 1.